The van der Waals surface area contributed by atoms with Crippen molar-refractivity contribution in [3.8, 4) is 6.07 Å². The Balaban J connectivity index is 1.90. The fraction of sp³-hybridized carbons (Fsp3) is 0.417. The van der Waals surface area contributed by atoms with Gasteiger partial charge in [0, 0.05) is 12.2 Å². The monoisotopic (exact) mass is 218 g/mol. The van der Waals surface area contributed by atoms with Gasteiger partial charge in [0.2, 0.25) is 0 Å². The summed E-state index contributed by atoms with van der Waals surface area (Å²) in [6.45, 7) is 1.03. The van der Waals surface area contributed by atoms with Crippen LogP contribution in [0, 0.1) is 17.2 Å². The van der Waals surface area contributed by atoms with E-state index in [0.29, 0.717) is 0 Å². The van der Waals surface area contributed by atoms with Gasteiger partial charge in [-0.25, -0.2) is 0 Å². The molecule has 0 aromatic heterocycles. The number of nitrogens with zero attached hydrogens (tertiary/aromatic N) is 1. The van der Waals surface area contributed by atoms with Crippen LogP contribution < -0.4 is 5.32 Å². The molecule has 0 amide bonds. The van der Waals surface area contributed by atoms with Gasteiger partial charge in [-0.1, -0.05) is 6.07 Å². The lowest BCUT2D eigenvalue weighted by molar-refractivity contribution is 0.632. The summed E-state index contributed by atoms with van der Waals surface area (Å²) in [6.07, 6.45) is 1.32. The molecule has 0 bridgehead atoms. The molecular formula is C12H14N2S. The molecule has 78 valence electrons. The number of nitriles is 1. The van der Waals surface area contributed by atoms with Gasteiger partial charge in [0.1, 0.15) is 0 Å². The van der Waals surface area contributed by atoms with Crippen molar-refractivity contribution in [3.63, 3.8) is 0 Å². The van der Waals surface area contributed by atoms with Crippen molar-refractivity contribution in [2.75, 3.05) is 23.4 Å². The molecule has 1 aromatic rings. The summed E-state index contributed by atoms with van der Waals surface area (Å²) >= 11 is 2.03. The number of rotatable bonds is 3. The smallest absolute Gasteiger partial charge is 0.0992 e. The van der Waals surface area contributed by atoms with Crippen molar-refractivity contribution in [2.24, 2.45) is 5.92 Å². The van der Waals surface area contributed by atoms with Crippen molar-refractivity contribution in [1.82, 2.24) is 0 Å². The first-order valence-electron chi connectivity index (χ1n) is 5.20. The maximum Gasteiger partial charge on any atom is 0.0992 e. The maximum atomic E-state index is 8.76. The number of benzene rings is 1. The molecule has 1 N–H and O–H groups in total. The van der Waals surface area contributed by atoms with E-state index in [1.54, 1.807) is 0 Å². The Morgan fingerprint density at radius 2 is 2.47 bits per heavy atom. The fourth-order valence-corrected chi connectivity index (χ4v) is 2.99. The predicted molar refractivity (Wildman–Crippen MR) is 65.1 cm³/mol. The molecule has 0 radical (unpaired) electrons. The first kappa shape index (κ1) is 10.4. The van der Waals surface area contributed by atoms with E-state index < -0.39 is 0 Å². The Morgan fingerprint density at radius 1 is 1.53 bits per heavy atom. The molecule has 1 aliphatic heterocycles. The van der Waals surface area contributed by atoms with Crippen LogP contribution in [-0.2, 0) is 0 Å². The molecule has 1 unspecified atom stereocenters. The number of hydrogen-bond acceptors (Lipinski definition) is 3. The van der Waals surface area contributed by atoms with Crippen molar-refractivity contribution in [3.05, 3.63) is 29.8 Å². The fourth-order valence-electron chi connectivity index (χ4n) is 1.71. The second kappa shape index (κ2) is 5.09. The van der Waals surface area contributed by atoms with Gasteiger partial charge < -0.3 is 5.32 Å². The van der Waals surface area contributed by atoms with Gasteiger partial charge in [-0.2, -0.15) is 17.0 Å². The summed E-state index contributed by atoms with van der Waals surface area (Å²) < 4.78 is 0. The lowest BCUT2D eigenvalue weighted by atomic mass is 10.1. The Morgan fingerprint density at radius 3 is 3.20 bits per heavy atom. The van der Waals surface area contributed by atoms with E-state index in [1.165, 1.54) is 17.9 Å². The van der Waals surface area contributed by atoms with E-state index in [0.717, 1.165) is 23.7 Å². The molecule has 1 atom stereocenters. The van der Waals surface area contributed by atoms with Gasteiger partial charge >= 0.3 is 0 Å². The summed E-state index contributed by atoms with van der Waals surface area (Å²) in [7, 11) is 0. The molecule has 0 aliphatic carbocycles. The highest BCUT2D eigenvalue weighted by molar-refractivity contribution is 7.99. The van der Waals surface area contributed by atoms with Crippen molar-refractivity contribution in [1.29, 1.82) is 5.26 Å². The standard InChI is InChI=1S/C12H14N2S/c13-7-10-2-1-3-12(6-10)14-8-11-4-5-15-9-11/h1-3,6,11,14H,4-5,8-9H2. The maximum absolute atomic E-state index is 8.76. The van der Waals surface area contributed by atoms with Crippen molar-refractivity contribution >= 4 is 17.4 Å². The normalized spacial score (nSPS) is 19.8. The molecule has 1 heterocycles. The summed E-state index contributed by atoms with van der Waals surface area (Å²) in [5, 5.41) is 12.2. The van der Waals surface area contributed by atoms with Gasteiger partial charge in [0.05, 0.1) is 11.6 Å². The van der Waals surface area contributed by atoms with Crippen LogP contribution in [0.25, 0.3) is 0 Å². The number of thioether (sulfide) groups is 1. The Bertz CT molecular complexity index is 364. The summed E-state index contributed by atoms with van der Waals surface area (Å²) in [4.78, 5) is 0. The van der Waals surface area contributed by atoms with E-state index in [1.807, 2.05) is 36.0 Å². The minimum absolute atomic E-state index is 0.723. The largest absolute Gasteiger partial charge is 0.385 e. The van der Waals surface area contributed by atoms with Gasteiger partial charge in [0.15, 0.2) is 0 Å². The van der Waals surface area contributed by atoms with Gasteiger partial charge in [-0.05, 0) is 42.0 Å². The lowest BCUT2D eigenvalue weighted by Crippen LogP contribution is -2.13. The topological polar surface area (TPSA) is 35.8 Å². The highest BCUT2D eigenvalue weighted by atomic mass is 32.2. The van der Waals surface area contributed by atoms with Crippen LogP contribution in [0.4, 0.5) is 5.69 Å². The molecule has 1 aromatic carbocycles. The van der Waals surface area contributed by atoms with Gasteiger partial charge in [-0.15, -0.1) is 0 Å². The summed E-state index contributed by atoms with van der Waals surface area (Å²) in [5.41, 5.74) is 1.78. The minimum atomic E-state index is 0.723. The number of nitrogens with one attached hydrogen (secondary N) is 1. The van der Waals surface area contributed by atoms with Crippen LogP contribution in [0.1, 0.15) is 12.0 Å². The van der Waals surface area contributed by atoms with E-state index in [4.69, 9.17) is 5.26 Å². The molecule has 2 rings (SSSR count). The second-order valence-electron chi connectivity index (χ2n) is 3.80. The first-order chi connectivity index (χ1) is 7.38. The Kier molecular flexibility index (Phi) is 3.52. The van der Waals surface area contributed by atoms with Crippen LogP contribution in [0.15, 0.2) is 24.3 Å². The first-order valence-corrected chi connectivity index (χ1v) is 6.36. The average molecular weight is 218 g/mol. The molecule has 2 nitrogen and oxygen atoms in total. The average Bonchev–Trinajstić information content (AvgIpc) is 2.79. The molecule has 3 heteroatoms. The van der Waals surface area contributed by atoms with Crippen LogP contribution in [0.5, 0.6) is 0 Å². The van der Waals surface area contributed by atoms with E-state index in [9.17, 15) is 0 Å². The number of hydrogen-bond donors (Lipinski definition) is 1. The zero-order valence-corrected chi connectivity index (χ0v) is 9.39. The molecule has 15 heavy (non-hydrogen) atoms. The van der Waals surface area contributed by atoms with Crippen LogP contribution in [-0.4, -0.2) is 18.1 Å². The molecule has 1 aliphatic rings. The second-order valence-corrected chi connectivity index (χ2v) is 4.95. The minimum Gasteiger partial charge on any atom is -0.385 e. The molecular weight excluding hydrogens is 204 g/mol. The molecule has 1 saturated heterocycles. The lowest BCUT2D eigenvalue weighted by Gasteiger charge is -2.11. The third-order valence-electron chi connectivity index (χ3n) is 2.61. The molecule has 0 spiro atoms. The van der Waals surface area contributed by atoms with Crippen molar-refractivity contribution < 1.29 is 0 Å². The highest BCUT2D eigenvalue weighted by Crippen LogP contribution is 2.23. The van der Waals surface area contributed by atoms with Gasteiger partial charge in [-0.3, -0.25) is 0 Å². The third-order valence-corrected chi connectivity index (χ3v) is 3.84. The number of anilines is 1. The zero-order valence-electron chi connectivity index (χ0n) is 8.57. The van der Waals surface area contributed by atoms with Crippen LogP contribution in [0.2, 0.25) is 0 Å². The third kappa shape index (κ3) is 2.90. The van der Waals surface area contributed by atoms with E-state index in [-0.39, 0.29) is 0 Å². The van der Waals surface area contributed by atoms with Crippen molar-refractivity contribution in [2.45, 2.75) is 6.42 Å². The zero-order chi connectivity index (χ0) is 10.5. The van der Waals surface area contributed by atoms with Gasteiger partial charge in [0.25, 0.3) is 0 Å². The van der Waals surface area contributed by atoms with Crippen LogP contribution in [0.3, 0.4) is 0 Å². The molecule has 0 saturated carbocycles. The Hall–Kier alpha value is -1.14. The quantitative estimate of drug-likeness (QED) is 0.847. The molecule has 1 fully saturated rings. The summed E-state index contributed by atoms with van der Waals surface area (Å²) in [5.74, 6) is 3.36. The van der Waals surface area contributed by atoms with Crippen LogP contribution >= 0.6 is 11.8 Å². The highest BCUT2D eigenvalue weighted by Gasteiger charge is 2.14. The van der Waals surface area contributed by atoms with E-state index in [2.05, 4.69) is 11.4 Å². The SMILES string of the molecule is N#Cc1cccc(NCC2CCSC2)c1. The predicted octanol–water partition coefficient (Wildman–Crippen LogP) is 2.72. The van der Waals surface area contributed by atoms with E-state index >= 15 is 0 Å². The summed E-state index contributed by atoms with van der Waals surface area (Å²) in [6, 6.07) is 9.82. The Labute approximate surface area is 94.7 Å².